The van der Waals surface area contributed by atoms with Crippen molar-refractivity contribution in [3.8, 4) is 17.0 Å². The van der Waals surface area contributed by atoms with Crippen molar-refractivity contribution in [2.75, 3.05) is 14.2 Å². The summed E-state index contributed by atoms with van der Waals surface area (Å²) in [5, 5.41) is 0.843. The number of carbonyl (C=O) groups excluding carboxylic acids is 1. The topological polar surface area (TPSA) is 61.3 Å². The molecule has 2 heterocycles. The maximum absolute atomic E-state index is 11.8. The number of rotatable bonds is 3. The Hall–Kier alpha value is -2.95. The zero-order valence-corrected chi connectivity index (χ0v) is 12.2. The molecule has 3 rings (SSSR count). The number of hydrogen-bond acceptors (Lipinski definition) is 5. The second-order valence-electron chi connectivity index (χ2n) is 4.68. The Kier molecular flexibility index (Phi) is 3.70. The maximum Gasteiger partial charge on any atom is 0.343 e. The first-order valence-electron chi connectivity index (χ1n) is 6.70. The molecule has 2 aromatic heterocycles. The van der Waals surface area contributed by atoms with Gasteiger partial charge in [0.2, 0.25) is 5.88 Å². The van der Waals surface area contributed by atoms with Crippen LogP contribution >= 0.6 is 0 Å². The van der Waals surface area contributed by atoms with Crippen molar-refractivity contribution in [1.29, 1.82) is 0 Å². The van der Waals surface area contributed by atoms with E-state index < -0.39 is 5.97 Å². The van der Waals surface area contributed by atoms with Crippen molar-refractivity contribution in [2.24, 2.45) is 0 Å². The minimum absolute atomic E-state index is 0.260. The number of esters is 1. The predicted molar refractivity (Wildman–Crippen MR) is 82.9 cm³/mol. The molecule has 0 bridgehead atoms. The Morgan fingerprint density at radius 2 is 1.77 bits per heavy atom. The first-order valence-corrected chi connectivity index (χ1v) is 6.70. The van der Waals surface area contributed by atoms with Gasteiger partial charge in [-0.05, 0) is 41.5 Å². The lowest BCUT2D eigenvalue weighted by Gasteiger charge is -2.09. The Morgan fingerprint density at radius 1 is 1.00 bits per heavy atom. The quantitative estimate of drug-likeness (QED) is 0.695. The second kappa shape index (κ2) is 5.81. The van der Waals surface area contributed by atoms with Gasteiger partial charge in [0.15, 0.2) is 0 Å². The van der Waals surface area contributed by atoms with Gasteiger partial charge in [-0.25, -0.2) is 9.78 Å². The van der Waals surface area contributed by atoms with Gasteiger partial charge in [0, 0.05) is 17.8 Å². The highest BCUT2D eigenvalue weighted by molar-refractivity contribution is 5.97. The summed E-state index contributed by atoms with van der Waals surface area (Å²) in [6.45, 7) is 0. The fraction of sp³-hybridized carbons (Fsp3) is 0.118. The molecule has 1 aromatic carbocycles. The molecule has 5 nitrogen and oxygen atoms in total. The molecule has 0 saturated carbocycles. The van der Waals surface area contributed by atoms with Gasteiger partial charge in [-0.1, -0.05) is 6.07 Å². The summed E-state index contributed by atoms with van der Waals surface area (Å²) in [5.74, 6) is -0.212. The highest BCUT2D eigenvalue weighted by Gasteiger charge is 2.15. The number of nitrogens with zero attached hydrogens (tertiary/aromatic N) is 2. The predicted octanol–water partition coefficient (Wildman–Crippen LogP) is 3.09. The monoisotopic (exact) mass is 294 g/mol. The molecule has 0 spiro atoms. The van der Waals surface area contributed by atoms with Gasteiger partial charge in [0.1, 0.15) is 5.56 Å². The molecule has 0 unspecified atom stereocenters. The molecule has 22 heavy (non-hydrogen) atoms. The maximum atomic E-state index is 11.8. The van der Waals surface area contributed by atoms with E-state index >= 15 is 0 Å². The minimum Gasteiger partial charge on any atom is -0.480 e. The molecule has 0 radical (unpaired) electrons. The molecule has 0 aliphatic rings. The summed E-state index contributed by atoms with van der Waals surface area (Å²) in [5.41, 5.74) is 3.14. The van der Waals surface area contributed by atoms with Gasteiger partial charge < -0.3 is 9.47 Å². The number of aromatic nitrogens is 2. The molecule has 0 N–H and O–H groups in total. The van der Waals surface area contributed by atoms with Crippen LogP contribution in [0.5, 0.6) is 5.88 Å². The van der Waals surface area contributed by atoms with E-state index in [4.69, 9.17) is 9.47 Å². The molecule has 0 aliphatic heterocycles. The lowest BCUT2D eigenvalue weighted by atomic mass is 10.0. The van der Waals surface area contributed by atoms with E-state index in [1.165, 1.54) is 14.2 Å². The standard InChI is InChI=1S/C17H14N2O3/c1-21-16-14(17(20)22-2)10-13-9-12(3-4-15(13)19-16)11-5-7-18-8-6-11/h3-10H,1-2H3. The van der Waals surface area contributed by atoms with E-state index in [0.717, 1.165) is 22.0 Å². The molecule has 0 amide bonds. The Morgan fingerprint density at radius 3 is 2.45 bits per heavy atom. The summed E-state index contributed by atoms with van der Waals surface area (Å²) in [4.78, 5) is 20.2. The van der Waals surface area contributed by atoms with Crippen LogP contribution in [0.25, 0.3) is 22.0 Å². The summed E-state index contributed by atoms with van der Waals surface area (Å²) in [6, 6.07) is 11.4. The Balaban J connectivity index is 2.17. The second-order valence-corrected chi connectivity index (χ2v) is 4.68. The number of methoxy groups -OCH3 is 2. The Bertz CT molecular complexity index is 832. The van der Waals surface area contributed by atoms with Crippen molar-refractivity contribution in [3.63, 3.8) is 0 Å². The lowest BCUT2D eigenvalue weighted by Crippen LogP contribution is -2.05. The first-order chi connectivity index (χ1) is 10.7. The van der Waals surface area contributed by atoms with Crippen LogP contribution in [0.3, 0.4) is 0 Å². The van der Waals surface area contributed by atoms with Gasteiger partial charge in [0.25, 0.3) is 0 Å². The largest absolute Gasteiger partial charge is 0.480 e. The molecule has 3 aromatic rings. The number of fused-ring (bicyclic) bond motifs is 1. The van der Waals surface area contributed by atoms with Gasteiger partial charge in [-0.15, -0.1) is 0 Å². The SMILES string of the molecule is COC(=O)c1cc2cc(-c3ccncc3)ccc2nc1OC. The Labute approximate surface area is 127 Å². The molecule has 0 fully saturated rings. The van der Waals surface area contributed by atoms with E-state index in [2.05, 4.69) is 9.97 Å². The molecule has 5 heteroatoms. The summed E-state index contributed by atoms with van der Waals surface area (Å²) in [6.07, 6.45) is 3.48. The molecule has 110 valence electrons. The molecular weight excluding hydrogens is 280 g/mol. The number of carbonyl (C=O) groups is 1. The fourth-order valence-corrected chi connectivity index (χ4v) is 2.29. The van der Waals surface area contributed by atoms with Gasteiger partial charge in [0.05, 0.1) is 19.7 Å². The number of pyridine rings is 2. The average molecular weight is 294 g/mol. The van der Waals surface area contributed by atoms with E-state index in [9.17, 15) is 4.79 Å². The van der Waals surface area contributed by atoms with Crippen molar-refractivity contribution in [2.45, 2.75) is 0 Å². The lowest BCUT2D eigenvalue weighted by molar-refractivity contribution is 0.0596. The third-order valence-electron chi connectivity index (χ3n) is 3.39. The van der Waals surface area contributed by atoms with Crippen molar-refractivity contribution < 1.29 is 14.3 Å². The zero-order valence-electron chi connectivity index (χ0n) is 12.2. The van der Waals surface area contributed by atoms with Crippen molar-refractivity contribution in [1.82, 2.24) is 9.97 Å². The first kappa shape index (κ1) is 14.0. The number of benzene rings is 1. The van der Waals surface area contributed by atoms with Crippen LogP contribution in [-0.2, 0) is 4.74 Å². The van der Waals surface area contributed by atoms with Crippen LogP contribution in [-0.4, -0.2) is 30.2 Å². The van der Waals surface area contributed by atoms with E-state index in [1.54, 1.807) is 18.5 Å². The third-order valence-corrected chi connectivity index (χ3v) is 3.39. The summed E-state index contributed by atoms with van der Waals surface area (Å²) in [7, 11) is 2.81. The minimum atomic E-state index is -0.472. The van der Waals surface area contributed by atoms with Crippen LogP contribution in [0.4, 0.5) is 0 Å². The molecule has 0 saturated heterocycles. The van der Waals surface area contributed by atoms with E-state index in [1.807, 2.05) is 30.3 Å². The number of ether oxygens (including phenoxy) is 2. The zero-order chi connectivity index (χ0) is 15.5. The number of hydrogen-bond donors (Lipinski definition) is 0. The average Bonchev–Trinajstić information content (AvgIpc) is 2.60. The molecule has 0 aliphatic carbocycles. The fourth-order valence-electron chi connectivity index (χ4n) is 2.29. The van der Waals surface area contributed by atoms with Crippen molar-refractivity contribution >= 4 is 16.9 Å². The summed E-state index contributed by atoms with van der Waals surface area (Å²) >= 11 is 0. The van der Waals surface area contributed by atoms with E-state index in [-0.39, 0.29) is 5.88 Å². The third kappa shape index (κ3) is 2.48. The van der Waals surface area contributed by atoms with Gasteiger partial charge in [-0.3, -0.25) is 4.98 Å². The summed E-state index contributed by atoms with van der Waals surface area (Å²) < 4.78 is 9.95. The van der Waals surface area contributed by atoms with Crippen LogP contribution in [0.2, 0.25) is 0 Å². The van der Waals surface area contributed by atoms with Crippen LogP contribution < -0.4 is 4.74 Å². The normalized spacial score (nSPS) is 10.5. The van der Waals surface area contributed by atoms with Gasteiger partial charge in [-0.2, -0.15) is 0 Å². The smallest absolute Gasteiger partial charge is 0.343 e. The highest BCUT2D eigenvalue weighted by Crippen LogP contribution is 2.27. The van der Waals surface area contributed by atoms with Crippen LogP contribution in [0.1, 0.15) is 10.4 Å². The highest BCUT2D eigenvalue weighted by atomic mass is 16.5. The van der Waals surface area contributed by atoms with Crippen LogP contribution in [0.15, 0.2) is 48.8 Å². The van der Waals surface area contributed by atoms with Crippen LogP contribution in [0, 0.1) is 0 Å². The van der Waals surface area contributed by atoms with E-state index in [0.29, 0.717) is 5.56 Å². The molecular formula is C17H14N2O3. The van der Waals surface area contributed by atoms with Crippen molar-refractivity contribution in [3.05, 3.63) is 54.4 Å². The van der Waals surface area contributed by atoms with Gasteiger partial charge >= 0.3 is 5.97 Å². The molecule has 0 atom stereocenters.